The van der Waals surface area contributed by atoms with E-state index in [4.69, 9.17) is 10.3 Å². The van der Waals surface area contributed by atoms with Gasteiger partial charge in [-0.3, -0.25) is 4.90 Å². The number of nitrogen functional groups attached to an aromatic ring is 1. The van der Waals surface area contributed by atoms with Crippen molar-refractivity contribution in [1.82, 2.24) is 10.1 Å². The van der Waals surface area contributed by atoms with Crippen molar-refractivity contribution in [2.75, 3.05) is 12.3 Å². The van der Waals surface area contributed by atoms with Crippen molar-refractivity contribution in [3.63, 3.8) is 0 Å². The highest BCUT2D eigenvalue weighted by Crippen LogP contribution is 2.24. The number of anilines is 1. The molecule has 0 saturated carbocycles. The first-order valence-electron chi connectivity index (χ1n) is 4.65. The molecule has 2 heterocycles. The smallest absolute Gasteiger partial charge is 0.226 e. The van der Waals surface area contributed by atoms with Crippen LogP contribution in [0.5, 0.6) is 0 Å². The van der Waals surface area contributed by atoms with Crippen LogP contribution in [-0.2, 0) is 13.0 Å². The Morgan fingerprint density at radius 2 is 2.31 bits per heavy atom. The van der Waals surface area contributed by atoms with Gasteiger partial charge in [-0.25, -0.2) is 0 Å². The van der Waals surface area contributed by atoms with Gasteiger partial charge in [0, 0.05) is 25.6 Å². The predicted molar refractivity (Wildman–Crippen MR) is 50.2 cm³/mol. The van der Waals surface area contributed by atoms with Gasteiger partial charge in [0.1, 0.15) is 0 Å². The van der Waals surface area contributed by atoms with E-state index < -0.39 is 0 Å². The largest absolute Gasteiger partial charge is 0.367 e. The summed E-state index contributed by atoms with van der Waals surface area (Å²) in [4.78, 5) is 2.37. The Labute approximate surface area is 77.7 Å². The number of fused-ring (bicyclic) bond motifs is 1. The third kappa shape index (κ3) is 1.42. The molecular weight excluding hydrogens is 166 g/mol. The van der Waals surface area contributed by atoms with Crippen molar-refractivity contribution < 1.29 is 4.52 Å². The Balaban J connectivity index is 2.22. The number of nitrogens with two attached hydrogens (primary N) is 1. The molecule has 0 radical (unpaired) electrons. The molecule has 13 heavy (non-hydrogen) atoms. The van der Waals surface area contributed by atoms with Gasteiger partial charge in [-0.15, -0.1) is 0 Å². The molecule has 0 aromatic carbocycles. The van der Waals surface area contributed by atoms with E-state index in [9.17, 15) is 0 Å². The van der Waals surface area contributed by atoms with Crippen LogP contribution in [0.2, 0.25) is 0 Å². The van der Waals surface area contributed by atoms with E-state index in [1.54, 1.807) is 0 Å². The number of nitrogens with zero attached hydrogens (tertiary/aromatic N) is 2. The Morgan fingerprint density at radius 1 is 1.54 bits per heavy atom. The first-order chi connectivity index (χ1) is 6.18. The minimum Gasteiger partial charge on any atom is -0.367 e. The Morgan fingerprint density at radius 3 is 3.00 bits per heavy atom. The van der Waals surface area contributed by atoms with E-state index in [-0.39, 0.29) is 0 Å². The predicted octanol–water partition coefficient (Wildman–Crippen LogP) is 1.02. The third-order valence-corrected chi connectivity index (χ3v) is 2.63. The maximum atomic E-state index is 5.67. The van der Waals surface area contributed by atoms with E-state index in [1.165, 1.54) is 0 Å². The van der Waals surface area contributed by atoms with Gasteiger partial charge in [-0.05, 0) is 13.8 Å². The molecule has 1 aromatic heterocycles. The molecule has 2 rings (SSSR count). The molecule has 72 valence electrons. The van der Waals surface area contributed by atoms with E-state index in [1.807, 2.05) is 0 Å². The number of hydrogen-bond donors (Lipinski definition) is 1. The topological polar surface area (TPSA) is 55.3 Å². The lowest BCUT2D eigenvalue weighted by Crippen LogP contribution is -2.35. The summed E-state index contributed by atoms with van der Waals surface area (Å²) >= 11 is 0. The van der Waals surface area contributed by atoms with Crippen LogP contribution in [0.25, 0.3) is 0 Å². The normalized spacial score (nSPS) is 17.8. The van der Waals surface area contributed by atoms with Crippen LogP contribution in [0.1, 0.15) is 25.1 Å². The maximum absolute atomic E-state index is 5.67. The maximum Gasteiger partial charge on any atom is 0.226 e. The molecule has 0 atom stereocenters. The van der Waals surface area contributed by atoms with E-state index >= 15 is 0 Å². The molecule has 4 heteroatoms. The van der Waals surface area contributed by atoms with Crippen LogP contribution in [0, 0.1) is 0 Å². The standard InChI is InChI=1S/C9H15N3O/c1-6(2)12-4-3-8-7(5-12)9(10)13-11-8/h6H,3-5,10H2,1-2H3. The van der Waals surface area contributed by atoms with Crippen molar-refractivity contribution in [1.29, 1.82) is 0 Å². The molecule has 1 aromatic rings. The zero-order valence-electron chi connectivity index (χ0n) is 8.08. The average molecular weight is 181 g/mol. The molecule has 0 aliphatic carbocycles. The summed E-state index contributed by atoms with van der Waals surface area (Å²) in [5.74, 6) is 0.486. The zero-order valence-corrected chi connectivity index (χ0v) is 8.08. The fourth-order valence-corrected chi connectivity index (χ4v) is 1.69. The van der Waals surface area contributed by atoms with Gasteiger partial charge in [-0.1, -0.05) is 5.16 Å². The average Bonchev–Trinajstić information content (AvgIpc) is 2.47. The summed E-state index contributed by atoms with van der Waals surface area (Å²) in [6.07, 6.45) is 0.953. The second kappa shape index (κ2) is 3.03. The molecule has 0 unspecified atom stereocenters. The molecule has 0 amide bonds. The first kappa shape index (κ1) is 8.56. The molecule has 2 N–H and O–H groups in total. The number of rotatable bonds is 1. The summed E-state index contributed by atoms with van der Waals surface area (Å²) < 4.78 is 4.95. The van der Waals surface area contributed by atoms with Gasteiger partial charge in [0.15, 0.2) is 0 Å². The lowest BCUT2D eigenvalue weighted by Gasteiger charge is -2.29. The van der Waals surface area contributed by atoms with Gasteiger partial charge >= 0.3 is 0 Å². The van der Waals surface area contributed by atoms with Crippen molar-refractivity contribution in [3.05, 3.63) is 11.3 Å². The fourth-order valence-electron chi connectivity index (χ4n) is 1.69. The number of hydrogen-bond acceptors (Lipinski definition) is 4. The summed E-state index contributed by atoms with van der Waals surface area (Å²) in [5.41, 5.74) is 7.79. The Kier molecular flexibility index (Phi) is 2.00. The van der Waals surface area contributed by atoms with Crippen LogP contribution in [0.3, 0.4) is 0 Å². The SMILES string of the molecule is CC(C)N1CCc2noc(N)c2C1. The quantitative estimate of drug-likeness (QED) is 0.703. The Hall–Kier alpha value is -1.03. The summed E-state index contributed by atoms with van der Waals surface area (Å²) in [6, 6.07) is 0.558. The summed E-state index contributed by atoms with van der Waals surface area (Å²) in [7, 11) is 0. The lowest BCUT2D eigenvalue weighted by atomic mass is 10.1. The molecule has 1 aliphatic rings. The van der Waals surface area contributed by atoms with Gasteiger partial charge in [0.25, 0.3) is 0 Å². The molecule has 0 bridgehead atoms. The number of aromatic nitrogens is 1. The monoisotopic (exact) mass is 181 g/mol. The summed E-state index contributed by atoms with van der Waals surface area (Å²) in [6.45, 7) is 6.31. The van der Waals surface area contributed by atoms with Crippen molar-refractivity contribution in [3.8, 4) is 0 Å². The molecular formula is C9H15N3O. The molecule has 4 nitrogen and oxygen atoms in total. The molecule has 0 saturated heterocycles. The highest BCUT2D eigenvalue weighted by atomic mass is 16.5. The molecule has 0 fully saturated rings. The van der Waals surface area contributed by atoms with Gasteiger partial charge < -0.3 is 10.3 Å². The lowest BCUT2D eigenvalue weighted by molar-refractivity contribution is 0.203. The van der Waals surface area contributed by atoms with Crippen LogP contribution in [0.4, 0.5) is 5.88 Å². The van der Waals surface area contributed by atoms with Crippen molar-refractivity contribution >= 4 is 5.88 Å². The molecule has 1 aliphatic heterocycles. The van der Waals surface area contributed by atoms with Crippen LogP contribution >= 0.6 is 0 Å². The van der Waals surface area contributed by atoms with Gasteiger partial charge in [0.05, 0.1) is 11.3 Å². The highest BCUT2D eigenvalue weighted by Gasteiger charge is 2.23. The van der Waals surface area contributed by atoms with Crippen LogP contribution in [-0.4, -0.2) is 22.6 Å². The van der Waals surface area contributed by atoms with Gasteiger partial charge in [0.2, 0.25) is 5.88 Å². The minimum atomic E-state index is 0.486. The van der Waals surface area contributed by atoms with E-state index in [0.29, 0.717) is 11.9 Å². The van der Waals surface area contributed by atoms with Gasteiger partial charge in [-0.2, -0.15) is 0 Å². The second-order valence-electron chi connectivity index (χ2n) is 3.79. The van der Waals surface area contributed by atoms with Crippen LogP contribution in [0.15, 0.2) is 4.52 Å². The van der Waals surface area contributed by atoms with Crippen molar-refractivity contribution in [2.24, 2.45) is 0 Å². The fraction of sp³-hybridized carbons (Fsp3) is 0.667. The first-order valence-corrected chi connectivity index (χ1v) is 4.65. The third-order valence-electron chi connectivity index (χ3n) is 2.63. The minimum absolute atomic E-state index is 0.486. The zero-order chi connectivity index (χ0) is 9.42. The summed E-state index contributed by atoms with van der Waals surface area (Å²) in [5, 5.41) is 3.92. The molecule has 0 spiro atoms. The van der Waals surface area contributed by atoms with E-state index in [0.717, 1.165) is 30.8 Å². The van der Waals surface area contributed by atoms with E-state index in [2.05, 4.69) is 23.9 Å². The van der Waals surface area contributed by atoms with Crippen LogP contribution < -0.4 is 5.73 Å². The highest BCUT2D eigenvalue weighted by molar-refractivity contribution is 5.40. The Bertz CT molecular complexity index is 306. The van der Waals surface area contributed by atoms with Crippen molar-refractivity contribution in [2.45, 2.75) is 32.9 Å². The second-order valence-corrected chi connectivity index (χ2v) is 3.79.